The van der Waals surface area contributed by atoms with Crippen LogP contribution in [0.25, 0.3) is 0 Å². The van der Waals surface area contributed by atoms with Gasteiger partial charge in [-0.05, 0) is 80.7 Å². The Bertz CT molecular complexity index is 1140. The number of aromatic hydroxyl groups is 2. The summed E-state index contributed by atoms with van der Waals surface area (Å²) in [4.78, 5) is 0. The summed E-state index contributed by atoms with van der Waals surface area (Å²) in [7, 11) is 0. The lowest BCUT2D eigenvalue weighted by atomic mass is 9.78. The topological polar surface area (TPSA) is 40.5 Å². The van der Waals surface area contributed by atoms with Crippen molar-refractivity contribution in [3.63, 3.8) is 0 Å². The highest BCUT2D eigenvalue weighted by atomic mass is 32.2. The minimum absolute atomic E-state index is 0.0796. The molecule has 252 valence electrons. The van der Waals surface area contributed by atoms with Crippen molar-refractivity contribution in [1.82, 2.24) is 0 Å². The van der Waals surface area contributed by atoms with Crippen molar-refractivity contribution in [2.75, 3.05) is 23.0 Å². The normalized spacial score (nSPS) is 23.5. The summed E-state index contributed by atoms with van der Waals surface area (Å²) in [5.74, 6) is 6.06. The molecule has 4 rings (SSSR count). The third-order valence-electron chi connectivity index (χ3n) is 9.21. The summed E-state index contributed by atoms with van der Waals surface area (Å²) in [6.07, 6.45) is 4.51. The zero-order chi connectivity index (χ0) is 33.6. The highest BCUT2D eigenvalue weighted by Gasteiger charge is 2.40. The third-order valence-corrected chi connectivity index (χ3v) is 16.4. The van der Waals surface area contributed by atoms with Crippen molar-refractivity contribution in [1.29, 1.82) is 0 Å². The molecule has 1 spiro atoms. The van der Waals surface area contributed by atoms with Gasteiger partial charge in [0.25, 0.3) is 0 Å². The molecule has 45 heavy (non-hydrogen) atoms. The molecule has 2 aromatic carbocycles. The predicted molar refractivity (Wildman–Crippen MR) is 207 cm³/mol. The SMILES string of the molecule is CC(C)(C)c1cc(CCC2SCC3(CS2)CSC(CCc2cc(C(C)(C)C)c(O)c(C(C)(C)C)c2)SC3)cc(C(C)(C)C)c1O. The van der Waals surface area contributed by atoms with E-state index in [1.54, 1.807) is 0 Å². The molecule has 2 aromatic rings. The summed E-state index contributed by atoms with van der Waals surface area (Å²) in [6.45, 7) is 26.4. The highest BCUT2D eigenvalue weighted by Crippen LogP contribution is 2.51. The number of rotatable bonds is 6. The molecule has 2 saturated heterocycles. The van der Waals surface area contributed by atoms with Gasteiger partial charge >= 0.3 is 0 Å². The van der Waals surface area contributed by atoms with Crippen LogP contribution in [0.2, 0.25) is 0 Å². The summed E-state index contributed by atoms with van der Waals surface area (Å²) >= 11 is 8.78. The average molecular weight is 689 g/mol. The van der Waals surface area contributed by atoms with Crippen molar-refractivity contribution in [3.8, 4) is 11.5 Å². The number of benzene rings is 2. The van der Waals surface area contributed by atoms with Crippen molar-refractivity contribution in [2.45, 2.75) is 140 Å². The van der Waals surface area contributed by atoms with E-state index in [2.05, 4.69) is 154 Å². The van der Waals surface area contributed by atoms with Gasteiger partial charge in [-0.1, -0.05) is 107 Å². The van der Waals surface area contributed by atoms with Crippen molar-refractivity contribution in [3.05, 3.63) is 57.6 Å². The molecule has 0 atom stereocenters. The highest BCUT2D eigenvalue weighted by molar-refractivity contribution is 8.19. The zero-order valence-corrected chi connectivity index (χ0v) is 33.4. The Morgan fingerprint density at radius 2 is 0.756 bits per heavy atom. The molecule has 2 heterocycles. The first-order valence-corrected chi connectivity index (χ1v) is 21.0. The van der Waals surface area contributed by atoms with E-state index in [-0.39, 0.29) is 21.7 Å². The van der Waals surface area contributed by atoms with Gasteiger partial charge in [0.2, 0.25) is 0 Å². The van der Waals surface area contributed by atoms with Crippen molar-refractivity contribution in [2.24, 2.45) is 5.41 Å². The average Bonchev–Trinajstić information content (AvgIpc) is 2.91. The van der Waals surface area contributed by atoms with E-state index in [1.165, 1.54) is 47.0 Å². The fourth-order valence-electron chi connectivity index (χ4n) is 6.29. The lowest BCUT2D eigenvalue weighted by Crippen LogP contribution is -2.40. The van der Waals surface area contributed by atoms with Crippen molar-refractivity contribution < 1.29 is 10.2 Å². The minimum Gasteiger partial charge on any atom is -0.507 e. The van der Waals surface area contributed by atoms with E-state index < -0.39 is 0 Å². The fraction of sp³-hybridized carbons (Fsp3) is 0.692. The molecule has 0 amide bonds. The molecule has 2 aliphatic heterocycles. The maximum atomic E-state index is 11.1. The van der Waals surface area contributed by atoms with Gasteiger partial charge in [-0.25, -0.2) is 0 Å². The van der Waals surface area contributed by atoms with Crippen LogP contribution in [0.1, 0.15) is 129 Å². The summed E-state index contributed by atoms with van der Waals surface area (Å²) in [6, 6.07) is 9.07. The molecule has 0 bridgehead atoms. The monoisotopic (exact) mass is 688 g/mol. The first-order chi connectivity index (χ1) is 20.6. The summed E-state index contributed by atoms with van der Waals surface area (Å²) in [5.41, 5.74) is 7.18. The van der Waals surface area contributed by atoms with Gasteiger partial charge in [-0.2, -0.15) is 0 Å². The lowest BCUT2D eigenvalue weighted by Gasteiger charge is -2.43. The van der Waals surface area contributed by atoms with Gasteiger partial charge in [-0.3, -0.25) is 0 Å². The minimum atomic E-state index is -0.0796. The Hall–Kier alpha value is -0.560. The molecule has 0 aromatic heterocycles. The number of hydrogen-bond donors (Lipinski definition) is 2. The Labute approximate surface area is 292 Å². The third kappa shape index (κ3) is 9.33. The molecule has 2 nitrogen and oxygen atoms in total. The largest absolute Gasteiger partial charge is 0.507 e. The van der Waals surface area contributed by atoms with E-state index in [9.17, 15) is 10.2 Å². The van der Waals surface area contributed by atoms with E-state index >= 15 is 0 Å². The Kier molecular flexibility index (Phi) is 11.4. The molecular formula is C39H60O2S4. The molecule has 0 aliphatic carbocycles. The Balaban J connectivity index is 1.31. The van der Waals surface area contributed by atoms with Crippen LogP contribution < -0.4 is 0 Å². The van der Waals surface area contributed by atoms with Crippen LogP contribution in [0.15, 0.2) is 24.3 Å². The first-order valence-electron chi connectivity index (χ1n) is 16.8. The second-order valence-corrected chi connectivity index (χ2v) is 23.1. The Morgan fingerprint density at radius 3 is 0.978 bits per heavy atom. The molecule has 2 aliphatic rings. The number of thioether (sulfide) groups is 4. The van der Waals surface area contributed by atoms with Crippen LogP contribution in [0.5, 0.6) is 11.5 Å². The first kappa shape index (κ1) is 37.3. The maximum Gasteiger partial charge on any atom is 0.123 e. The van der Waals surface area contributed by atoms with Crippen LogP contribution >= 0.6 is 47.0 Å². The lowest BCUT2D eigenvalue weighted by molar-refractivity contribution is 0.421. The van der Waals surface area contributed by atoms with E-state index in [0.29, 0.717) is 26.1 Å². The van der Waals surface area contributed by atoms with Gasteiger partial charge in [0, 0.05) is 28.4 Å². The van der Waals surface area contributed by atoms with Crippen LogP contribution in [0, 0.1) is 5.41 Å². The second-order valence-electron chi connectivity index (χ2n) is 17.8. The summed E-state index contributed by atoms with van der Waals surface area (Å²) < 4.78 is 1.30. The van der Waals surface area contributed by atoms with Gasteiger partial charge < -0.3 is 10.2 Å². The van der Waals surface area contributed by atoms with Crippen LogP contribution in [-0.4, -0.2) is 42.4 Å². The number of hydrogen-bond acceptors (Lipinski definition) is 6. The number of aryl methyl sites for hydroxylation is 2. The second kappa shape index (κ2) is 13.7. The molecule has 6 heteroatoms. The fourth-order valence-corrected chi connectivity index (χ4v) is 13.2. The standard InChI is InChI=1S/C39H60O2S4/c1-35(2,3)27-17-25(18-28(33(27)40)36(4,5)6)13-15-31-42-21-39(22-43-31)23-44-32(45-24-39)16-14-26-19-29(37(7,8)9)34(41)30(20-26)38(10,11)12/h17-20,31-32,40-41H,13-16,21-24H2,1-12H3. The van der Waals surface area contributed by atoms with Crippen LogP contribution in [0.4, 0.5) is 0 Å². The zero-order valence-electron chi connectivity index (χ0n) is 30.1. The quantitative estimate of drug-likeness (QED) is 0.315. The predicted octanol–water partition coefficient (Wildman–Crippen LogP) is 11.5. The van der Waals surface area contributed by atoms with Gasteiger partial charge in [0.15, 0.2) is 0 Å². The van der Waals surface area contributed by atoms with E-state index in [4.69, 9.17) is 0 Å². The van der Waals surface area contributed by atoms with Crippen LogP contribution in [0.3, 0.4) is 0 Å². The van der Waals surface area contributed by atoms with E-state index in [0.717, 1.165) is 35.1 Å². The molecule has 2 fully saturated rings. The van der Waals surface area contributed by atoms with Gasteiger partial charge in [-0.15, -0.1) is 47.0 Å². The number of phenolic OH excluding ortho intramolecular Hbond substituents is 2. The molecule has 0 unspecified atom stereocenters. The van der Waals surface area contributed by atoms with Gasteiger partial charge in [0.05, 0.1) is 9.16 Å². The molecular weight excluding hydrogens is 629 g/mol. The van der Waals surface area contributed by atoms with Gasteiger partial charge in [0.1, 0.15) is 11.5 Å². The van der Waals surface area contributed by atoms with Crippen LogP contribution in [-0.2, 0) is 34.5 Å². The maximum absolute atomic E-state index is 11.1. The smallest absolute Gasteiger partial charge is 0.123 e. The van der Waals surface area contributed by atoms with Crippen molar-refractivity contribution >= 4 is 47.0 Å². The molecule has 2 N–H and O–H groups in total. The molecule has 0 saturated carbocycles. The Morgan fingerprint density at radius 1 is 0.511 bits per heavy atom. The molecule has 0 radical (unpaired) electrons. The van der Waals surface area contributed by atoms with E-state index in [1.807, 2.05) is 0 Å². The number of phenols is 2. The summed E-state index contributed by atoms with van der Waals surface area (Å²) in [5, 5.41) is 22.2.